The maximum Gasteiger partial charge on any atom is 0.228 e. The van der Waals surface area contributed by atoms with Crippen LogP contribution in [-0.4, -0.2) is 16.8 Å². The third kappa shape index (κ3) is 2.09. The average molecular weight is 274 g/mol. The van der Waals surface area contributed by atoms with Crippen molar-refractivity contribution in [1.82, 2.24) is 0 Å². The van der Waals surface area contributed by atoms with Gasteiger partial charge in [-0.25, -0.2) is 0 Å². The second kappa shape index (κ2) is 4.62. The second-order valence-corrected chi connectivity index (χ2v) is 6.60. The van der Waals surface area contributed by atoms with E-state index >= 15 is 0 Å². The van der Waals surface area contributed by atoms with Crippen molar-refractivity contribution in [2.24, 2.45) is 21.9 Å². The van der Waals surface area contributed by atoms with Gasteiger partial charge in [0.15, 0.2) is 0 Å². The fourth-order valence-electron chi connectivity index (χ4n) is 3.02. The number of carbonyl (C=O) groups excluding carboxylic acids is 1. The number of hydrogen-bond donors (Lipinski definition) is 2. The smallest absolute Gasteiger partial charge is 0.228 e. The van der Waals surface area contributed by atoms with Crippen molar-refractivity contribution in [1.29, 1.82) is 0 Å². The summed E-state index contributed by atoms with van der Waals surface area (Å²) in [5.74, 6) is 0.0209. The Kier molecular flexibility index (Phi) is 3.36. The summed E-state index contributed by atoms with van der Waals surface area (Å²) in [6.07, 6.45) is 0. The van der Waals surface area contributed by atoms with Gasteiger partial charge < -0.3 is 10.5 Å². The van der Waals surface area contributed by atoms with Crippen LogP contribution in [0.3, 0.4) is 0 Å². The molecule has 1 aliphatic carbocycles. The molecule has 0 radical (unpaired) electrons. The lowest BCUT2D eigenvalue weighted by atomic mass is 10.0. The van der Waals surface area contributed by atoms with Gasteiger partial charge in [-0.2, -0.15) is 0 Å². The monoisotopic (exact) mass is 274 g/mol. The lowest BCUT2D eigenvalue weighted by Crippen LogP contribution is -2.19. The molecule has 108 valence electrons. The van der Waals surface area contributed by atoms with Gasteiger partial charge in [0, 0.05) is 17.2 Å². The maximum absolute atomic E-state index is 12.5. The van der Waals surface area contributed by atoms with Crippen LogP contribution in [0.25, 0.3) is 0 Å². The number of para-hydroxylation sites is 1. The van der Waals surface area contributed by atoms with Crippen molar-refractivity contribution in [3.8, 4) is 0 Å². The lowest BCUT2D eigenvalue weighted by molar-refractivity contribution is -0.118. The minimum absolute atomic E-state index is 0.00516. The number of benzene rings is 1. The molecule has 0 bridgehead atoms. The first-order valence-electron chi connectivity index (χ1n) is 6.82. The van der Waals surface area contributed by atoms with E-state index in [1.807, 2.05) is 24.3 Å². The fourth-order valence-corrected chi connectivity index (χ4v) is 3.02. The van der Waals surface area contributed by atoms with Gasteiger partial charge in [0.25, 0.3) is 0 Å². The first-order chi connectivity index (χ1) is 9.23. The Labute approximate surface area is 119 Å². The molecule has 1 aromatic carbocycles. The molecule has 1 amide bonds. The first-order valence-corrected chi connectivity index (χ1v) is 6.82. The van der Waals surface area contributed by atoms with E-state index in [2.05, 4.69) is 38.2 Å². The highest BCUT2D eigenvalue weighted by Crippen LogP contribution is 2.68. The predicted molar refractivity (Wildman–Crippen MR) is 80.1 cm³/mol. The molecule has 0 saturated heterocycles. The van der Waals surface area contributed by atoms with Gasteiger partial charge in [0.1, 0.15) is 0 Å². The van der Waals surface area contributed by atoms with Crippen molar-refractivity contribution in [2.45, 2.75) is 34.6 Å². The van der Waals surface area contributed by atoms with Crippen LogP contribution in [0, 0.1) is 16.7 Å². The largest absolute Gasteiger partial charge is 0.411 e. The number of carbonyl (C=O) groups is 1. The molecule has 1 aliphatic rings. The Hall–Kier alpha value is -1.84. The standard InChI is InChI=1S/C16H22N2O2/c1-10(18-20)11-8-6-7-9-12(11)17-14(19)13-15(2,3)16(13,4)5/h6-9,13,20H,1-5H3,(H,17,19). The van der Waals surface area contributed by atoms with Gasteiger partial charge in [-0.1, -0.05) is 51.0 Å². The number of oxime groups is 1. The second-order valence-electron chi connectivity index (χ2n) is 6.60. The molecule has 2 N–H and O–H groups in total. The number of anilines is 1. The molecule has 1 fully saturated rings. The van der Waals surface area contributed by atoms with Gasteiger partial charge in [-0.15, -0.1) is 0 Å². The molecule has 1 saturated carbocycles. The van der Waals surface area contributed by atoms with Gasteiger partial charge >= 0.3 is 0 Å². The summed E-state index contributed by atoms with van der Waals surface area (Å²) in [6.45, 7) is 10.2. The zero-order valence-corrected chi connectivity index (χ0v) is 12.7. The minimum Gasteiger partial charge on any atom is -0.411 e. The summed E-state index contributed by atoms with van der Waals surface area (Å²) in [6, 6.07) is 7.36. The highest BCUT2D eigenvalue weighted by Gasteiger charge is 2.68. The Balaban J connectivity index is 2.23. The van der Waals surface area contributed by atoms with Gasteiger partial charge in [0.2, 0.25) is 5.91 Å². The SMILES string of the molecule is CC(=NO)c1ccccc1NC(=O)C1C(C)(C)C1(C)C. The summed E-state index contributed by atoms with van der Waals surface area (Å²) in [4.78, 5) is 12.5. The molecule has 4 heteroatoms. The van der Waals surface area contributed by atoms with Crippen LogP contribution in [0.4, 0.5) is 5.69 Å². The van der Waals surface area contributed by atoms with Crippen LogP contribution in [-0.2, 0) is 4.79 Å². The third-order valence-corrected chi connectivity index (χ3v) is 5.01. The van der Waals surface area contributed by atoms with Crippen molar-refractivity contribution >= 4 is 17.3 Å². The zero-order chi connectivity index (χ0) is 15.1. The van der Waals surface area contributed by atoms with Crippen LogP contribution < -0.4 is 5.32 Å². The lowest BCUT2D eigenvalue weighted by Gasteiger charge is -2.11. The van der Waals surface area contributed by atoms with Crippen molar-refractivity contribution in [3.05, 3.63) is 29.8 Å². The van der Waals surface area contributed by atoms with Crippen molar-refractivity contribution < 1.29 is 10.0 Å². The minimum atomic E-state index is -0.00516. The van der Waals surface area contributed by atoms with E-state index in [0.29, 0.717) is 11.4 Å². The highest BCUT2D eigenvalue weighted by molar-refractivity contribution is 6.07. The predicted octanol–water partition coefficient (Wildman–Crippen LogP) is 3.51. The molecule has 20 heavy (non-hydrogen) atoms. The van der Waals surface area contributed by atoms with E-state index in [-0.39, 0.29) is 22.7 Å². The highest BCUT2D eigenvalue weighted by atomic mass is 16.4. The van der Waals surface area contributed by atoms with Crippen LogP contribution in [0.15, 0.2) is 29.4 Å². The summed E-state index contributed by atoms with van der Waals surface area (Å²) in [7, 11) is 0. The van der Waals surface area contributed by atoms with E-state index in [4.69, 9.17) is 5.21 Å². The maximum atomic E-state index is 12.5. The Morgan fingerprint density at radius 1 is 1.20 bits per heavy atom. The summed E-state index contributed by atoms with van der Waals surface area (Å²) in [5, 5.41) is 15.1. The number of nitrogens with one attached hydrogen (secondary N) is 1. The van der Waals surface area contributed by atoms with Crippen molar-refractivity contribution in [3.63, 3.8) is 0 Å². The van der Waals surface area contributed by atoms with Crippen LogP contribution in [0.1, 0.15) is 40.2 Å². The molecule has 0 atom stereocenters. The van der Waals surface area contributed by atoms with E-state index in [1.165, 1.54) is 0 Å². The molecule has 0 heterocycles. The molecule has 2 rings (SSSR count). The van der Waals surface area contributed by atoms with E-state index < -0.39 is 0 Å². The Morgan fingerprint density at radius 2 is 1.75 bits per heavy atom. The quantitative estimate of drug-likeness (QED) is 0.503. The summed E-state index contributed by atoms with van der Waals surface area (Å²) in [5.41, 5.74) is 1.92. The van der Waals surface area contributed by atoms with Gasteiger partial charge in [0.05, 0.1) is 5.71 Å². The molecule has 0 unspecified atom stereocenters. The number of amides is 1. The average Bonchev–Trinajstić information content (AvgIpc) is 2.79. The molecule has 0 spiro atoms. The Bertz CT molecular complexity index is 560. The molecular weight excluding hydrogens is 252 g/mol. The van der Waals surface area contributed by atoms with Crippen LogP contribution in [0.5, 0.6) is 0 Å². The third-order valence-electron chi connectivity index (χ3n) is 5.01. The summed E-state index contributed by atoms with van der Waals surface area (Å²) < 4.78 is 0. The normalized spacial score (nSPS) is 20.6. The van der Waals surface area contributed by atoms with Crippen LogP contribution in [0.2, 0.25) is 0 Å². The topological polar surface area (TPSA) is 61.7 Å². The van der Waals surface area contributed by atoms with Gasteiger partial charge in [-0.3, -0.25) is 4.79 Å². The first kappa shape index (κ1) is 14.6. The van der Waals surface area contributed by atoms with E-state index in [0.717, 1.165) is 5.56 Å². The number of rotatable bonds is 3. The Morgan fingerprint density at radius 3 is 2.25 bits per heavy atom. The molecule has 0 aliphatic heterocycles. The molecular formula is C16H22N2O2. The van der Waals surface area contributed by atoms with E-state index in [9.17, 15) is 4.79 Å². The molecule has 1 aromatic rings. The summed E-state index contributed by atoms with van der Waals surface area (Å²) >= 11 is 0. The fraction of sp³-hybridized carbons (Fsp3) is 0.500. The zero-order valence-electron chi connectivity index (χ0n) is 12.7. The number of nitrogens with zero attached hydrogens (tertiary/aromatic N) is 1. The van der Waals surface area contributed by atoms with Gasteiger partial charge in [-0.05, 0) is 23.8 Å². The van der Waals surface area contributed by atoms with E-state index in [1.54, 1.807) is 6.92 Å². The van der Waals surface area contributed by atoms with Crippen LogP contribution >= 0.6 is 0 Å². The molecule has 0 aromatic heterocycles. The molecule has 4 nitrogen and oxygen atoms in total. The number of hydrogen-bond acceptors (Lipinski definition) is 3. The van der Waals surface area contributed by atoms with Crippen molar-refractivity contribution in [2.75, 3.05) is 5.32 Å².